The van der Waals surface area contributed by atoms with E-state index in [2.05, 4.69) is 0 Å². The lowest BCUT2D eigenvalue weighted by molar-refractivity contribution is -0.136. The average Bonchev–Trinajstić information content (AvgIpc) is 2.77. The maximum Gasteiger partial charge on any atom is 0.389 e. The van der Waals surface area contributed by atoms with Gasteiger partial charge >= 0.3 is 6.18 Å². The number of hydrogen-bond acceptors (Lipinski definition) is 1. The first-order valence-corrected chi connectivity index (χ1v) is 4.58. The molecule has 0 aromatic heterocycles. The Labute approximate surface area is 75.3 Å². The largest absolute Gasteiger partial charge is 0.389 e. The number of carbonyl (C=O) groups is 1. The van der Waals surface area contributed by atoms with Crippen molar-refractivity contribution in [3.63, 3.8) is 0 Å². The first-order valence-electron chi connectivity index (χ1n) is 4.58. The van der Waals surface area contributed by atoms with E-state index in [9.17, 15) is 18.0 Å². The van der Waals surface area contributed by atoms with Gasteiger partial charge in [0.15, 0.2) is 0 Å². The van der Waals surface area contributed by atoms with E-state index >= 15 is 0 Å². The van der Waals surface area contributed by atoms with Crippen LogP contribution in [0.5, 0.6) is 0 Å². The zero-order valence-corrected chi connectivity index (χ0v) is 7.36. The molecule has 76 valence electrons. The number of halogens is 3. The Balaban J connectivity index is 1.97. The predicted molar refractivity (Wildman–Crippen MR) is 42.3 cm³/mol. The van der Waals surface area contributed by atoms with Gasteiger partial charge in [-0.25, -0.2) is 0 Å². The van der Waals surface area contributed by atoms with Gasteiger partial charge < -0.3 is 0 Å². The topological polar surface area (TPSA) is 17.1 Å². The van der Waals surface area contributed by atoms with Gasteiger partial charge in [-0.05, 0) is 25.7 Å². The summed E-state index contributed by atoms with van der Waals surface area (Å²) in [5.74, 6) is 0.341. The van der Waals surface area contributed by atoms with Crippen molar-refractivity contribution in [3.8, 4) is 0 Å². The van der Waals surface area contributed by atoms with Crippen LogP contribution in [0.3, 0.4) is 0 Å². The molecule has 1 rings (SSSR count). The van der Waals surface area contributed by atoms with Crippen molar-refractivity contribution in [3.05, 3.63) is 0 Å². The minimum atomic E-state index is -4.07. The van der Waals surface area contributed by atoms with Crippen LogP contribution < -0.4 is 0 Å². The van der Waals surface area contributed by atoms with E-state index < -0.39 is 12.6 Å². The third-order valence-electron chi connectivity index (χ3n) is 2.17. The lowest BCUT2D eigenvalue weighted by Crippen LogP contribution is -2.07. The summed E-state index contributed by atoms with van der Waals surface area (Å²) < 4.78 is 35.0. The molecule has 0 heterocycles. The van der Waals surface area contributed by atoms with Crippen LogP contribution in [0.4, 0.5) is 13.2 Å². The molecule has 1 nitrogen and oxygen atoms in total. The van der Waals surface area contributed by atoms with Crippen LogP contribution in [0, 0.1) is 5.92 Å². The van der Waals surface area contributed by atoms with Crippen molar-refractivity contribution in [2.24, 2.45) is 5.92 Å². The van der Waals surface area contributed by atoms with E-state index in [4.69, 9.17) is 0 Å². The molecule has 0 spiro atoms. The monoisotopic (exact) mass is 194 g/mol. The van der Waals surface area contributed by atoms with Gasteiger partial charge in [0.25, 0.3) is 0 Å². The molecule has 1 fully saturated rings. The molecule has 0 bridgehead atoms. The van der Waals surface area contributed by atoms with Crippen molar-refractivity contribution < 1.29 is 18.0 Å². The molecule has 0 unspecified atom stereocenters. The van der Waals surface area contributed by atoms with Crippen LogP contribution in [0.2, 0.25) is 0 Å². The molecule has 4 heteroatoms. The Morgan fingerprint density at radius 1 is 1.23 bits per heavy atom. The summed E-state index contributed by atoms with van der Waals surface area (Å²) in [7, 11) is 0. The van der Waals surface area contributed by atoms with Gasteiger partial charge in [0.1, 0.15) is 5.78 Å². The fourth-order valence-electron chi connectivity index (χ4n) is 1.23. The van der Waals surface area contributed by atoms with Gasteiger partial charge in [-0.3, -0.25) is 4.79 Å². The number of ketones is 1. The van der Waals surface area contributed by atoms with Crippen LogP contribution >= 0.6 is 0 Å². The van der Waals surface area contributed by atoms with Gasteiger partial charge in [-0.15, -0.1) is 0 Å². The Morgan fingerprint density at radius 3 is 2.31 bits per heavy atom. The Bertz CT molecular complexity index is 182. The van der Waals surface area contributed by atoms with Crippen LogP contribution in [0.1, 0.15) is 38.5 Å². The van der Waals surface area contributed by atoms with Crippen LogP contribution in [0.25, 0.3) is 0 Å². The second-order valence-corrected chi connectivity index (χ2v) is 3.56. The zero-order chi connectivity index (χ0) is 9.90. The van der Waals surface area contributed by atoms with Crippen molar-refractivity contribution in [2.75, 3.05) is 0 Å². The maximum atomic E-state index is 11.7. The number of hydrogen-bond donors (Lipinski definition) is 0. The number of Topliss-reactive ketones (excluding diaryl/α,β-unsaturated/α-hetero) is 1. The van der Waals surface area contributed by atoms with E-state index in [1.165, 1.54) is 0 Å². The summed E-state index contributed by atoms with van der Waals surface area (Å²) in [6, 6.07) is 0. The van der Waals surface area contributed by atoms with E-state index in [0.717, 1.165) is 12.8 Å². The standard InChI is InChI=1S/C9H13F3O/c10-9(11,12)6-2-1-3-8(13)7-4-5-7/h7H,1-6H2. The summed E-state index contributed by atoms with van der Waals surface area (Å²) in [5.41, 5.74) is 0. The average molecular weight is 194 g/mol. The van der Waals surface area contributed by atoms with Crippen LogP contribution in [-0.4, -0.2) is 12.0 Å². The summed E-state index contributed by atoms with van der Waals surface area (Å²) in [4.78, 5) is 11.0. The number of carbonyl (C=O) groups excluding carboxylic acids is 1. The highest BCUT2D eigenvalue weighted by atomic mass is 19.4. The molecular formula is C9H13F3O. The second-order valence-electron chi connectivity index (χ2n) is 3.56. The van der Waals surface area contributed by atoms with E-state index in [-0.39, 0.29) is 18.1 Å². The SMILES string of the molecule is O=C(CCCCC(F)(F)F)C1CC1. The van der Waals surface area contributed by atoms with Crippen molar-refractivity contribution in [2.45, 2.75) is 44.7 Å². The van der Waals surface area contributed by atoms with Crippen molar-refractivity contribution >= 4 is 5.78 Å². The molecule has 1 aliphatic rings. The summed E-state index contributed by atoms with van der Waals surface area (Å²) >= 11 is 0. The third-order valence-corrected chi connectivity index (χ3v) is 2.17. The predicted octanol–water partition coefficient (Wildman–Crippen LogP) is 3.09. The van der Waals surface area contributed by atoms with E-state index in [0.29, 0.717) is 12.8 Å². The molecule has 0 amide bonds. The number of rotatable bonds is 5. The van der Waals surface area contributed by atoms with Crippen LogP contribution in [0.15, 0.2) is 0 Å². The summed E-state index contributed by atoms with van der Waals surface area (Å²) in [6.45, 7) is 0. The minimum absolute atomic E-state index is 0.0853. The van der Waals surface area contributed by atoms with E-state index in [1.807, 2.05) is 0 Å². The van der Waals surface area contributed by atoms with Crippen molar-refractivity contribution in [1.82, 2.24) is 0 Å². The summed E-state index contributed by atoms with van der Waals surface area (Å²) in [6.07, 6.45) is -2.14. The first-order chi connectivity index (χ1) is 5.99. The first kappa shape index (κ1) is 10.5. The molecule has 0 radical (unpaired) electrons. The molecule has 0 N–H and O–H groups in total. The molecule has 1 saturated carbocycles. The normalized spacial score (nSPS) is 17.5. The maximum absolute atomic E-state index is 11.7. The lowest BCUT2D eigenvalue weighted by atomic mass is 10.1. The number of alkyl halides is 3. The molecule has 0 aromatic carbocycles. The van der Waals surface area contributed by atoms with Crippen LogP contribution in [-0.2, 0) is 4.79 Å². The van der Waals surface area contributed by atoms with E-state index in [1.54, 1.807) is 0 Å². The fraction of sp³-hybridized carbons (Fsp3) is 0.889. The highest BCUT2D eigenvalue weighted by molar-refractivity contribution is 5.82. The molecule has 1 aliphatic carbocycles. The summed E-state index contributed by atoms with van der Waals surface area (Å²) in [5, 5.41) is 0. The minimum Gasteiger partial charge on any atom is -0.299 e. The van der Waals surface area contributed by atoms with Gasteiger partial charge in [-0.2, -0.15) is 13.2 Å². The smallest absolute Gasteiger partial charge is 0.299 e. The fourth-order valence-corrected chi connectivity index (χ4v) is 1.23. The van der Waals surface area contributed by atoms with Gasteiger partial charge in [-0.1, -0.05) is 0 Å². The highest BCUT2D eigenvalue weighted by Crippen LogP contribution is 2.31. The Hall–Kier alpha value is -0.540. The quantitative estimate of drug-likeness (QED) is 0.614. The molecule has 0 saturated heterocycles. The van der Waals surface area contributed by atoms with Gasteiger partial charge in [0.05, 0.1) is 0 Å². The second kappa shape index (κ2) is 4.11. The number of unbranched alkanes of at least 4 members (excludes halogenated alkanes) is 1. The van der Waals surface area contributed by atoms with Gasteiger partial charge in [0, 0.05) is 18.8 Å². The molecular weight excluding hydrogens is 181 g/mol. The molecule has 0 atom stereocenters. The Kier molecular flexibility index (Phi) is 3.33. The highest BCUT2D eigenvalue weighted by Gasteiger charge is 2.29. The van der Waals surface area contributed by atoms with Gasteiger partial charge in [0.2, 0.25) is 0 Å². The molecule has 0 aromatic rings. The van der Waals surface area contributed by atoms with Crippen molar-refractivity contribution in [1.29, 1.82) is 0 Å². The third kappa shape index (κ3) is 4.90. The zero-order valence-electron chi connectivity index (χ0n) is 7.36. The Morgan fingerprint density at radius 2 is 1.85 bits per heavy atom. The lowest BCUT2D eigenvalue weighted by Gasteiger charge is -2.04. The molecule has 0 aliphatic heterocycles. The molecule has 13 heavy (non-hydrogen) atoms.